The Morgan fingerprint density at radius 3 is 2.26 bits per heavy atom. The first-order valence-electron chi connectivity index (χ1n) is 7.97. The van der Waals surface area contributed by atoms with Crippen LogP contribution in [0.1, 0.15) is 23.6 Å². The quantitative estimate of drug-likeness (QED) is 0.736. The van der Waals surface area contributed by atoms with Gasteiger partial charge in [0.25, 0.3) is 5.91 Å². The first kappa shape index (κ1) is 20.2. The second-order valence-corrected chi connectivity index (χ2v) is 5.68. The van der Waals surface area contributed by atoms with Crippen LogP contribution in [0.5, 0.6) is 11.5 Å². The minimum Gasteiger partial charge on any atom is -0.493 e. The van der Waals surface area contributed by atoms with Crippen LogP contribution in [0.4, 0.5) is 8.78 Å². The minimum absolute atomic E-state index is 0.287. The molecule has 6 nitrogen and oxygen atoms in total. The van der Waals surface area contributed by atoms with Gasteiger partial charge in [0.15, 0.2) is 11.5 Å². The number of methoxy groups -OCH3 is 2. The Labute approximate surface area is 154 Å². The summed E-state index contributed by atoms with van der Waals surface area (Å²) < 4.78 is 39.1. The standard InChI is InChI=1S/C19H19F2NO5/c1-26-15-9-8-12(10-16(15)27-2)14(11-17(23)24)22-18(25)19(20,21)13-6-4-3-5-7-13/h3-10,14H,11H2,1-2H3,(H,22,25)(H,23,24). The molecule has 0 aliphatic rings. The van der Waals surface area contributed by atoms with Gasteiger partial charge in [0.1, 0.15) is 0 Å². The molecule has 1 atom stereocenters. The van der Waals surface area contributed by atoms with Crippen molar-refractivity contribution >= 4 is 11.9 Å². The van der Waals surface area contributed by atoms with Crippen LogP contribution in [0.3, 0.4) is 0 Å². The molecule has 0 heterocycles. The summed E-state index contributed by atoms with van der Waals surface area (Å²) in [7, 11) is 2.81. The largest absolute Gasteiger partial charge is 0.493 e. The summed E-state index contributed by atoms with van der Waals surface area (Å²) in [4.78, 5) is 23.4. The van der Waals surface area contributed by atoms with Crippen LogP contribution in [-0.4, -0.2) is 31.2 Å². The Morgan fingerprint density at radius 1 is 1.07 bits per heavy atom. The van der Waals surface area contributed by atoms with E-state index in [4.69, 9.17) is 14.6 Å². The van der Waals surface area contributed by atoms with E-state index in [1.165, 1.54) is 44.6 Å². The maximum Gasteiger partial charge on any atom is 0.349 e. The Hall–Kier alpha value is -3.16. The second kappa shape index (κ2) is 8.48. The van der Waals surface area contributed by atoms with Gasteiger partial charge >= 0.3 is 11.9 Å². The highest BCUT2D eigenvalue weighted by Gasteiger charge is 2.42. The van der Waals surface area contributed by atoms with Crippen molar-refractivity contribution in [1.82, 2.24) is 5.32 Å². The van der Waals surface area contributed by atoms with Crippen molar-refractivity contribution in [2.24, 2.45) is 0 Å². The second-order valence-electron chi connectivity index (χ2n) is 5.68. The summed E-state index contributed by atoms with van der Waals surface area (Å²) >= 11 is 0. The number of carbonyl (C=O) groups excluding carboxylic acids is 1. The molecule has 0 aliphatic heterocycles. The molecule has 0 bridgehead atoms. The van der Waals surface area contributed by atoms with Crippen molar-refractivity contribution < 1.29 is 33.0 Å². The molecule has 0 aromatic heterocycles. The molecule has 1 amide bonds. The average molecular weight is 379 g/mol. The molecule has 1 unspecified atom stereocenters. The number of hydrogen-bond acceptors (Lipinski definition) is 4. The van der Waals surface area contributed by atoms with Gasteiger partial charge in [-0.3, -0.25) is 9.59 Å². The van der Waals surface area contributed by atoms with E-state index in [0.29, 0.717) is 11.3 Å². The van der Waals surface area contributed by atoms with E-state index in [1.54, 1.807) is 6.07 Å². The Balaban J connectivity index is 2.32. The van der Waals surface area contributed by atoms with Crippen molar-refractivity contribution in [1.29, 1.82) is 0 Å². The zero-order chi connectivity index (χ0) is 20.0. The lowest BCUT2D eigenvalue weighted by Crippen LogP contribution is -2.40. The van der Waals surface area contributed by atoms with Crippen molar-refractivity contribution in [3.63, 3.8) is 0 Å². The van der Waals surface area contributed by atoms with E-state index in [-0.39, 0.29) is 5.75 Å². The van der Waals surface area contributed by atoms with Gasteiger partial charge in [0.2, 0.25) is 0 Å². The molecule has 0 saturated heterocycles. The summed E-state index contributed by atoms with van der Waals surface area (Å²) in [6.45, 7) is 0. The van der Waals surface area contributed by atoms with E-state index >= 15 is 0 Å². The van der Waals surface area contributed by atoms with E-state index in [1.807, 2.05) is 0 Å². The van der Waals surface area contributed by atoms with Gasteiger partial charge in [0, 0.05) is 5.56 Å². The topological polar surface area (TPSA) is 84.9 Å². The SMILES string of the molecule is COc1ccc(C(CC(=O)O)NC(=O)C(F)(F)c2ccccc2)cc1OC. The lowest BCUT2D eigenvalue weighted by molar-refractivity contribution is -0.148. The number of carbonyl (C=O) groups is 2. The van der Waals surface area contributed by atoms with Crippen LogP contribution >= 0.6 is 0 Å². The summed E-state index contributed by atoms with van der Waals surface area (Å²) in [5.41, 5.74) is -0.184. The third kappa shape index (κ3) is 4.72. The number of halogens is 2. The van der Waals surface area contributed by atoms with Gasteiger partial charge in [-0.15, -0.1) is 0 Å². The summed E-state index contributed by atoms with van der Waals surface area (Å²) in [5, 5.41) is 11.2. The van der Waals surface area contributed by atoms with Gasteiger partial charge in [-0.25, -0.2) is 0 Å². The number of hydrogen-bond donors (Lipinski definition) is 2. The first-order chi connectivity index (χ1) is 12.8. The number of aliphatic carboxylic acids is 1. The van der Waals surface area contributed by atoms with Crippen LogP contribution in [-0.2, 0) is 15.5 Å². The average Bonchev–Trinajstić information content (AvgIpc) is 2.67. The fraction of sp³-hybridized carbons (Fsp3) is 0.263. The smallest absolute Gasteiger partial charge is 0.349 e. The highest BCUT2D eigenvalue weighted by molar-refractivity contribution is 5.85. The fourth-order valence-corrected chi connectivity index (χ4v) is 2.52. The Kier molecular flexibility index (Phi) is 6.33. The number of benzene rings is 2. The predicted octanol–water partition coefficient (Wildman–Crippen LogP) is 3.13. The molecule has 27 heavy (non-hydrogen) atoms. The number of ether oxygens (including phenoxy) is 2. The van der Waals surface area contributed by atoms with Crippen LogP contribution in [0.15, 0.2) is 48.5 Å². The molecule has 0 fully saturated rings. The van der Waals surface area contributed by atoms with Crippen molar-refractivity contribution in [3.8, 4) is 11.5 Å². The zero-order valence-corrected chi connectivity index (χ0v) is 14.7. The lowest BCUT2D eigenvalue weighted by Gasteiger charge is -2.22. The molecule has 0 saturated carbocycles. The molecule has 144 valence electrons. The van der Waals surface area contributed by atoms with Crippen molar-refractivity contribution in [2.75, 3.05) is 14.2 Å². The molecule has 2 aromatic rings. The summed E-state index contributed by atoms with van der Waals surface area (Å²) in [6, 6.07) is 9.83. The molecule has 0 aliphatic carbocycles. The van der Waals surface area contributed by atoms with Crippen LogP contribution in [0, 0.1) is 0 Å². The maximum absolute atomic E-state index is 14.4. The number of carboxylic acids is 1. The Bertz CT molecular complexity index is 811. The molecule has 2 rings (SSSR count). The van der Waals surface area contributed by atoms with Gasteiger partial charge in [-0.2, -0.15) is 8.78 Å². The fourth-order valence-electron chi connectivity index (χ4n) is 2.52. The summed E-state index contributed by atoms with van der Waals surface area (Å²) in [5.74, 6) is -5.98. The number of carboxylic acid groups (broad SMARTS) is 1. The van der Waals surface area contributed by atoms with Gasteiger partial charge < -0.3 is 19.9 Å². The normalized spacial score (nSPS) is 12.1. The molecule has 2 N–H and O–H groups in total. The van der Waals surface area contributed by atoms with Gasteiger partial charge in [0.05, 0.1) is 26.7 Å². The number of rotatable bonds is 8. The van der Waals surface area contributed by atoms with E-state index in [2.05, 4.69) is 5.32 Å². The lowest BCUT2D eigenvalue weighted by atomic mass is 10.0. The predicted molar refractivity (Wildman–Crippen MR) is 93.0 cm³/mol. The van der Waals surface area contributed by atoms with E-state index in [0.717, 1.165) is 12.1 Å². The van der Waals surface area contributed by atoms with Gasteiger partial charge in [-0.05, 0) is 17.7 Å². The summed E-state index contributed by atoms with van der Waals surface area (Å²) in [6.07, 6.45) is -0.577. The van der Waals surface area contributed by atoms with Gasteiger partial charge in [-0.1, -0.05) is 36.4 Å². The molecular weight excluding hydrogens is 360 g/mol. The molecule has 2 aromatic carbocycles. The maximum atomic E-state index is 14.4. The van der Waals surface area contributed by atoms with Crippen LogP contribution < -0.4 is 14.8 Å². The zero-order valence-electron chi connectivity index (χ0n) is 14.7. The van der Waals surface area contributed by atoms with E-state index in [9.17, 15) is 18.4 Å². The highest BCUT2D eigenvalue weighted by Crippen LogP contribution is 2.33. The minimum atomic E-state index is -3.81. The highest BCUT2D eigenvalue weighted by atomic mass is 19.3. The molecular formula is C19H19F2NO5. The van der Waals surface area contributed by atoms with Crippen LogP contribution in [0.2, 0.25) is 0 Å². The van der Waals surface area contributed by atoms with Crippen LogP contribution in [0.25, 0.3) is 0 Å². The first-order valence-corrected chi connectivity index (χ1v) is 7.97. The monoisotopic (exact) mass is 379 g/mol. The van der Waals surface area contributed by atoms with Crippen molar-refractivity contribution in [3.05, 3.63) is 59.7 Å². The number of alkyl halides is 2. The Morgan fingerprint density at radius 2 is 1.70 bits per heavy atom. The molecule has 0 radical (unpaired) electrons. The number of amides is 1. The third-order valence-electron chi connectivity index (χ3n) is 3.92. The third-order valence-corrected chi connectivity index (χ3v) is 3.92. The van der Waals surface area contributed by atoms with E-state index < -0.39 is 35.8 Å². The molecule has 0 spiro atoms. The molecule has 8 heteroatoms. The van der Waals surface area contributed by atoms with Crippen molar-refractivity contribution in [2.45, 2.75) is 18.4 Å². The number of nitrogens with one attached hydrogen (secondary N) is 1.